The molecular formula is C30H31NO5. The third kappa shape index (κ3) is 4.82. The van der Waals surface area contributed by atoms with E-state index >= 15 is 0 Å². The van der Waals surface area contributed by atoms with E-state index in [-0.39, 0.29) is 17.3 Å². The smallest absolute Gasteiger partial charge is 0.200 e. The van der Waals surface area contributed by atoms with E-state index in [1.807, 2.05) is 61.5 Å². The molecule has 1 N–H and O–H groups in total. The first-order valence-corrected chi connectivity index (χ1v) is 12.5. The number of hydrogen-bond acceptors (Lipinski definition) is 6. The van der Waals surface area contributed by atoms with E-state index in [1.54, 1.807) is 19.1 Å². The molecular weight excluding hydrogens is 454 g/mol. The second-order valence-electron chi connectivity index (χ2n) is 9.14. The fourth-order valence-corrected chi connectivity index (χ4v) is 4.91. The highest BCUT2D eigenvalue weighted by atomic mass is 16.5. The topological polar surface area (TPSA) is 72.1 Å². The first kappa shape index (κ1) is 23.9. The molecule has 0 saturated carbocycles. The van der Waals surface area contributed by atoms with Gasteiger partial charge >= 0.3 is 0 Å². The number of nitrogens with zero attached hydrogens (tertiary/aromatic N) is 1. The van der Waals surface area contributed by atoms with Gasteiger partial charge in [-0.25, -0.2) is 0 Å². The van der Waals surface area contributed by atoms with Crippen LogP contribution in [0.3, 0.4) is 0 Å². The number of aromatic hydroxyl groups is 1. The standard InChI is InChI=1S/C30H31NO5/c1-3-34-26-11-7-8-12-27(26)36-22-15-17-31(18-16-22)19-24-25(32)14-13-23-29(33)28(20(2)35-30(23)24)21-9-5-4-6-10-21/h4-14,22,32H,3,15-19H2,1-2H3. The molecule has 1 fully saturated rings. The van der Waals surface area contributed by atoms with Crippen molar-refractivity contribution in [1.82, 2.24) is 4.90 Å². The fraction of sp³-hybridized carbons (Fsp3) is 0.300. The van der Waals surface area contributed by atoms with Crippen molar-refractivity contribution in [2.24, 2.45) is 0 Å². The normalized spacial score (nSPS) is 14.7. The van der Waals surface area contributed by atoms with Crippen LogP contribution in [-0.4, -0.2) is 35.8 Å². The molecule has 1 aromatic heterocycles. The zero-order valence-corrected chi connectivity index (χ0v) is 20.7. The zero-order valence-electron chi connectivity index (χ0n) is 20.7. The number of para-hydroxylation sites is 2. The van der Waals surface area contributed by atoms with Crippen LogP contribution < -0.4 is 14.9 Å². The molecule has 186 valence electrons. The van der Waals surface area contributed by atoms with Crippen molar-refractivity contribution >= 4 is 11.0 Å². The molecule has 36 heavy (non-hydrogen) atoms. The first-order chi connectivity index (χ1) is 17.5. The monoisotopic (exact) mass is 485 g/mol. The van der Waals surface area contributed by atoms with Crippen molar-refractivity contribution in [1.29, 1.82) is 0 Å². The van der Waals surface area contributed by atoms with Gasteiger partial charge in [0.1, 0.15) is 23.2 Å². The number of aryl methyl sites for hydroxylation is 1. The van der Waals surface area contributed by atoms with Gasteiger partial charge < -0.3 is 19.0 Å². The molecule has 1 aliphatic heterocycles. The predicted octanol–water partition coefficient (Wildman–Crippen LogP) is 5.92. The van der Waals surface area contributed by atoms with Crippen LogP contribution >= 0.6 is 0 Å². The summed E-state index contributed by atoms with van der Waals surface area (Å²) in [6, 6.07) is 20.6. The summed E-state index contributed by atoms with van der Waals surface area (Å²) in [5.41, 5.74) is 2.41. The maximum absolute atomic E-state index is 13.4. The largest absolute Gasteiger partial charge is 0.507 e. The summed E-state index contributed by atoms with van der Waals surface area (Å²) in [5.74, 6) is 2.23. The van der Waals surface area contributed by atoms with E-state index in [9.17, 15) is 9.90 Å². The Labute approximate surface area is 210 Å². The molecule has 0 amide bonds. The van der Waals surface area contributed by atoms with Crippen LogP contribution in [0.4, 0.5) is 0 Å². The Balaban J connectivity index is 1.34. The number of fused-ring (bicyclic) bond motifs is 1. The van der Waals surface area contributed by atoms with Crippen LogP contribution in [0.25, 0.3) is 22.1 Å². The molecule has 6 nitrogen and oxygen atoms in total. The molecule has 2 heterocycles. The van der Waals surface area contributed by atoms with Gasteiger partial charge in [-0.2, -0.15) is 0 Å². The maximum Gasteiger partial charge on any atom is 0.200 e. The highest BCUT2D eigenvalue weighted by Crippen LogP contribution is 2.33. The molecule has 0 unspecified atom stereocenters. The van der Waals surface area contributed by atoms with Crippen LogP contribution in [0.15, 0.2) is 75.9 Å². The summed E-state index contributed by atoms with van der Waals surface area (Å²) in [5, 5.41) is 11.2. The number of phenolic OH excluding ortho intramolecular Hbond substituents is 1. The number of ether oxygens (including phenoxy) is 2. The minimum Gasteiger partial charge on any atom is -0.507 e. The second-order valence-corrected chi connectivity index (χ2v) is 9.14. The van der Waals surface area contributed by atoms with Gasteiger partial charge in [0.25, 0.3) is 0 Å². The first-order valence-electron chi connectivity index (χ1n) is 12.5. The molecule has 5 rings (SSSR count). The van der Waals surface area contributed by atoms with Gasteiger partial charge in [0.05, 0.1) is 23.1 Å². The van der Waals surface area contributed by atoms with Gasteiger partial charge in [-0.3, -0.25) is 9.69 Å². The molecule has 0 aliphatic carbocycles. The highest BCUT2D eigenvalue weighted by Gasteiger charge is 2.24. The molecule has 6 heteroatoms. The minimum atomic E-state index is -0.0822. The Morgan fingerprint density at radius 1 is 0.972 bits per heavy atom. The lowest BCUT2D eigenvalue weighted by atomic mass is 10.0. The molecule has 4 aromatic rings. The van der Waals surface area contributed by atoms with Gasteiger partial charge in [0, 0.05) is 19.6 Å². The van der Waals surface area contributed by atoms with E-state index in [0.717, 1.165) is 43.0 Å². The van der Waals surface area contributed by atoms with Crippen molar-refractivity contribution < 1.29 is 19.0 Å². The Bertz CT molecular complexity index is 1400. The van der Waals surface area contributed by atoms with Gasteiger partial charge in [0.2, 0.25) is 5.43 Å². The molecule has 0 spiro atoms. The Kier molecular flexibility index (Phi) is 6.96. The van der Waals surface area contributed by atoms with Gasteiger partial charge in [-0.15, -0.1) is 0 Å². The fourth-order valence-electron chi connectivity index (χ4n) is 4.91. The number of phenols is 1. The van der Waals surface area contributed by atoms with Crippen molar-refractivity contribution in [3.8, 4) is 28.4 Å². The summed E-state index contributed by atoms with van der Waals surface area (Å²) in [6.45, 7) is 6.48. The number of likely N-dealkylation sites (tertiary alicyclic amines) is 1. The van der Waals surface area contributed by atoms with Crippen LogP contribution in [0.5, 0.6) is 17.2 Å². The van der Waals surface area contributed by atoms with E-state index in [0.29, 0.717) is 41.0 Å². The van der Waals surface area contributed by atoms with Crippen molar-refractivity contribution in [2.45, 2.75) is 39.3 Å². The number of benzene rings is 3. The summed E-state index contributed by atoms with van der Waals surface area (Å²) in [6.07, 6.45) is 1.80. The van der Waals surface area contributed by atoms with Crippen LogP contribution in [0, 0.1) is 6.92 Å². The van der Waals surface area contributed by atoms with Crippen LogP contribution in [0.2, 0.25) is 0 Å². The maximum atomic E-state index is 13.4. The summed E-state index contributed by atoms with van der Waals surface area (Å²) in [7, 11) is 0. The lowest BCUT2D eigenvalue weighted by molar-refractivity contribution is 0.0933. The number of piperidine rings is 1. The minimum absolute atomic E-state index is 0.0822. The molecule has 3 aromatic carbocycles. The summed E-state index contributed by atoms with van der Waals surface area (Å²) >= 11 is 0. The predicted molar refractivity (Wildman–Crippen MR) is 141 cm³/mol. The third-order valence-corrected chi connectivity index (χ3v) is 6.74. The van der Waals surface area contributed by atoms with Gasteiger partial charge in [-0.05, 0) is 56.5 Å². The van der Waals surface area contributed by atoms with E-state index in [4.69, 9.17) is 13.9 Å². The van der Waals surface area contributed by atoms with Crippen molar-refractivity contribution in [2.75, 3.05) is 19.7 Å². The summed E-state index contributed by atoms with van der Waals surface area (Å²) < 4.78 is 18.1. The Morgan fingerprint density at radius 2 is 1.67 bits per heavy atom. The third-order valence-electron chi connectivity index (χ3n) is 6.74. The van der Waals surface area contributed by atoms with Crippen LogP contribution in [-0.2, 0) is 6.54 Å². The van der Waals surface area contributed by atoms with Gasteiger partial charge in [-0.1, -0.05) is 42.5 Å². The highest BCUT2D eigenvalue weighted by molar-refractivity contribution is 5.86. The van der Waals surface area contributed by atoms with E-state index in [2.05, 4.69) is 4.90 Å². The quantitative estimate of drug-likeness (QED) is 0.351. The second kappa shape index (κ2) is 10.5. The lowest BCUT2D eigenvalue weighted by Gasteiger charge is -2.32. The SMILES string of the molecule is CCOc1ccccc1OC1CCN(Cc2c(O)ccc3c(=O)c(-c4ccccc4)c(C)oc23)CC1. The average molecular weight is 486 g/mol. The average Bonchev–Trinajstić information content (AvgIpc) is 2.89. The summed E-state index contributed by atoms with van der Waals surface area (Å²) in [4.78, 5) is 15.7. The van der Waals surface area contributed by atoms with Crippen LogP contribution in [0.1, 0.15) is 31.1 Å². The Hall–Kier alpha value is -3.77. The zero-order chi connectivity index (χ0) is 25.1. The molecule has 0 bridgehead atoms. The number of rotatable bonds is 7. The molecule has 0 atom stereocenters. The molecule has 1 aliphatic rings. The molecule has 1 saturated heterocycles. The molecule has 0 radical (unpaired) electrons. The number of hydrogen-bond donors (Lipinski definition) is 1. The van der Waals surface area contributed by atoms with Gasteiger partial charge in [0.15, 0.2) is 11.5 Å². The van der Waals surface area contributed by atoms with E-state index in [1.165, 1.54) is 0 Å². The Morgan fingerprint density at radius 3 is 2.39 bits per heavy atom. The lowest BCUT2D eigenvalue weighted by Crippen LogP contribution is -2.37. The van der Waals surface area contributed by atoms with Crippen molar-refractivity contribution in [3.63, 3.8) is 0 Å². The van der Waals surface area contributed by atoms with Crippen molar-refractivity contribution in [3.05, 3.63) is 88.3 Å². The van der Waals surface area contributed by atoms with E-state index < -0.39 is 0 Å².